The van der Waals surface area contributed by atoms with Crippen LogP contribution in [0.1, 0.15) is 12.8 Å². The Morgan fingerprint density at radius 1 is 1.36 bits per heavy atom. The summed E-state index contributed by atoms with van der Waals surface area (Å²) in [6, 6.07) is 2.95. The molecule has 0 aliphatic rings. The van der Waals surface area contributed by atoms with Crippen molar-refractivity contribution in [2.75, 3.05) is 20.3 Å². The minimum atomic E-state index is -1.17. The lowest BCUT2D eigenvalue weighted by Crippen LogP contribution is -2.37. The lowest BCUT2D eigenvalue weighted by molar-refractivity contribution is -0.148. The van der Waals surface area contributed by atoms with Crippen molar-refractivity contribution >= 4 is 11.9 Å². The molecule has 1 rings (SSSR count). The standard InChI is InChI=1S/C14H17F2NO5/c1-21-12(14(19)20)8-17-13(18)3-2-6-22-11-5-4-9(15)7-10(11)16/h4-5,7,12H,2-3,6,8H2,1H3,(H,17,18)(H,19,20). The number of carbonyl (C=O) groups excluding carboxylic acids is 1. The molecule has 22 heavy (non-hydrogen) atoms. The second kappa shape index (κ2) is 8.93. The number of rotatable bonds is 9. The van der Waals surface area contributed by atoms with E-state index in [1.807, 2.05) is 0 Å². The number of nitrogens with one attached hydrogen (secondary N) is 1. The van der Waals surface area contributed by atoms with Crippen LogP contribution in [-0.4, -0.2) is 43.3 Å². The van der Waals surface area contributed by atoms with Gasteiger partial charge in [0.2, 0.25) is 5.91 Å². The van der Waals surface area contributed by atoms with Crippen LogP contribution in [0.25, 0.3) is 0 Å². The third-order valence-electron chi connectivity index (χ3n) is 2.74. The second-order valence-electron chi connectivity index (χ2n) is 4.39. The van der Waals surface area contributed by atoms with Gasteiger partial charge in [-0.25, -0.2) is 13.6 Å². The number of methoxy groups -OCH3 is 1. The predicted molar refractivity (Wildman–Crippen MR) is 72.5 cm³/mol. The zero-order valence-electron chi connectivity index (χ0n) is 12.0. The topological polar surface area (TPSA) is 84.9 Å². The molecule has 1 amide bonds. The maximum Gasteiger partial charge on any atom is 0.334 e. The Morgan fingerprint density at radius 2 is 2.09 bits per heavy atom. The third-order valence-corrected chi connectivity index (χ3v) is 2.74. The second-order valence-corrected chi connectivity index (χ2v) is 4.39. The van der Waals surface area contributed by atoms with Crippen LogP contribution >= 0.6 is 0 Å². The first kappa shape index (κ1) is 17.8. The highest BCUT2D eigenvalue weighted by molar-refractivity contribution is 5.78. The minimum absolute atomic E-state index is 0.0720. The molecular formula is C14H17F2NO5. The van der Waals surface area contributed by atoms with E-state index in [2.05, 4.69) is 10.1 Å². The lowest BCUT2D eigenvalue weighted by atomic mass is 10.3. The molecular weight excluding hydrogens is 300 g/mol. The molecule has 1 atom stereocenters. The third kappa shape index (κ3) is 6.04. The number of carbonyl (C=O) groups is 2. The van der Waals surface area contributed by atoms with Gasteiger partial charge >= 0.3 is 5.97 Å². The van der Waals surface area contributed by atoms with Crippen LogP contribution in [0.5, 0.6) is 5.75 Å². The molecule has 0 saturated heterocycles. The Hall–Kier alpha value is -2.22. The number of hydrogen-bond donors (Lipinski definition) is 2. The van der Waals surface area contributed by atoms with E-state index < -0.39 is 23.7 Å². The van der Waals surface area contributed by atoms with Gasteiger partial charge in [-0.2, -0.15) is 0 Å². The van der Waals surface area contributed by atoms with Gasteiger partial charge in [-0.3, -0.25) is 4.79 Å². The van der Waals surface area contributed by atoms with Crippen molar-refractivity contribution in [1.29, 1.82) is 0 Å². The van der Waals surface area contributed by atoms with E-state index in [4.69, 9.17) is 9.84 Å². The Labute approximate surface area is 126 Å². The number of benzene rings is 1. The highest BCUT2D eigenvalue weighted by atomic mass is 19.1. The van der Waals surface area contributed by atoms with E-state index in [0.717, 1.165) is 6.07 Å². The maximum absolute atomic E-state index is 13.2. The summed E-state index contributed by atoms with van der Waals surface area (Å²) in [5.41, 5.74) is 0. The number of hydrogen-bond acceptors (Lipinski definition) is 4. The zero-order valence-corrected chi connectivity index (χ0v) is 12.0. The molecule has 0 aromatic heterocycles. The Balaban J connectivity index is 2.24. The average Bonchev–Trinajstić information content (AvgIpc) is 2.45. The molecule has 0 saturated carbocycles. The number of halogens is 2. The molecule has 0 aliphatic carbocycles. The summed E-state index contributed by atoms with van der Waals surface area (Å²) in [5.74, 6) is -3.14. The maximum atomic E-state index is 13.2. The van der Waals surface area contributed by atoms with Gasteiger partial charge in [0.1, 0.15) is 5.82 Å². The molecule has 0 heterocycles. The van der Waals surface area contributed by atoms with E-state index >= 15 is 0 Å². The van der Waals surface area contributed by atoms with Crippen molar-refractivity contribution in [3.8, 4) is 5.75 Å². The summed E-state index contributed by atoms with van der Waals surface area (Å²) in [4.78, 5) is 22.1. The fourth-order valence-corrected chi connectivity index (χ4v) is 1.57. The van der Waals surface area contributed by atoms with Gasteiger partial charge < -0.3 is 19.9 Å². The molecule has 6 nitrogen and oxygen atoms in total. The first-order valence-electron chi connectivity index (χ1n) is 6.54. The van der Waals surface area contributed by atoms with Crippen molar-refractivity contribution < 1.29 is 33.0 Å². The average molecular weight is 317 g/mol. The van der Waals surface area contributed by atoms with E-state index in [-0.39, 0.29) is 31.2 Å². The van der Waals surface area contributed by atoms with E-state index in [1.54, 1.807) is 0 Å². The zero-order chi connectivity index (χ0) is 16.5. The number of carboxylic acids is 1. The van der Waals surface area contributed by atoms with Crippen LogP contribution in [-0.2, 0) is 14.3 Å². The fraction of sp³-hybridized carbons (Fsp3) is 0.429. The summed E-state index contributed by atoms with van der Waals surface area (Å²) < 4.78 is 35.7. The number of carboxylic acid groups (broad SMARTS) is 1. The molecule has 8 heteroatoms. The molecule has 0 bridgehead atoms. The van der Waals surface area contributed by atoms with Crippen LogP contribution in [0, 0.1) is 11.6 Å². The van der Waals surface area contributed by atoms with Crippen molar-refractivity contribution in [3.63, 3.8) is 0 Å². The van der Waals surface area contributed by atoms with Gasteiger partial charge in [0.05, 0.1) is 13.2 Å². The largest absolute Gasteiger partial charge is 0.491 e. The summed E-state index contributed by atoms with van der Waals surface area (Å²) in [5, 5.41) is 11.1. The SMILES string of the molecule is COC(CNC(=O)CCCOc1ccc(F)cc1F)C(=O)O. The Kier molecular flexibility index (Phi) is 7.24. The van der Waals surface area contributed by atoms with Crippen LogP contribution in [0.15, 0.2) is 18.2 Å². The van der Waals surface area contributed by atoms with Crippen molar-refractivity contribution in [1.82, 2.24) is 5.32 Å². The first-order valence-corrected chi connectivity index (χ1v) is 6.54. The Morgan fingerprint density at radius 3 is 2.68 bits per heavy atom. The van der Waals surface area contributed by atoms with E-state index in [0.29, 0.717) is 12.5 Å². The van der Waals surface area contributed by atoms with Crippen molar-refractivity contribution in [2.45, 2.75) is 18.9 Å². The molecule has 2 N–H and O–H groups in total. The molecule has 0 spiro atoms. The molecule has 122 valence electrons. The fourth-order valence-electron chi connectivity index (χ4n) is 1.57. The van der Waals surface area contributed by atoms with Gasteiger partial charge in [0, 0.05) is 19.6 Å². The van der Waals surface area contributed by atoms with Crippen LogP contribution in [0.3, 0.4) is 0 Å². The predicted octanol–water partition coefficient (Wildman–Crippen LogP) is 1.34. The normalized spacial score (nSPS) is 11.8. The quantitative estimate of drug-likeness (QED) is 0.671. The summed E-state index contributed by atoms with van der Waals surface area (Å²) in [6.07, 6.45) is -0.722. The van der Waals surface area contributed by atoms with Gasteiger partial charge in [-0.1, -0.05) is 0 Å². The molecule has 1 aromatic carbocycles. The van der Waals surface area contributed by atoms with Gasteiger partial charge in [-0.05, 0) is 18.6 Å². The lowest BCUT2D eigenvalue weighted by Gasteiger charge is -2.11. The summed E-state index contributed by atoms with van der Waals surface area (Å²) in [6.45, 7) is -0.0687. The van der Waals surface area contributed by atoms with Crippen LogP contribution in [0.4, 0.5) is 8.78 Å². The Bertz CT molecular complexity index is 524. The van der Waals surface area contributed by atoms with Crippen LogP contribution in [0.2, 0.25) is 0 Å². The van der Waals surface area contributed by atoms with Crippen molar-refractivity contribution in [2.24, 2.45) is 0 Å². The minimum Gasteiger partial charge on any atom is -0.491 e. The first-order chi connectivity index (χ1) is 10.4. The van der Waals surface area contributed by atoms with Crippen LogP contribution < -0.4 is 10.1 Å². The van der Waals surface area contributed by atoms with Gasteiger partial charge in [0.25, 0.3) is 0 Å². The van der Waals surface area contributed by atoms with Crippen molar-refractivity contribution in [3.05, 3.63) is 29.8 Å². The molecule has 0 fully saturated rings. The van der Waals surface area contributed by atoms with E-state index in [1.165, 1.54) is 13.2 Å². The van der Waals surface area contributed by atoms with Gasteiger partial charge in [0.15, 0.2) is 17.7 Å². The monoisotopic (exact) mass is 317 g/mol. The van der Waals surface area contributed by atoms with E-state index in [9.17, 15) is 18.4 Å². The van der Waals surface area contributed by atoms with Gasteiger partial charge in [-0.15, -0.1) is 0 Å². The smallest absolute Gasteiger partial charge is 0.334 e. The highest BCUT2D eigenvalue weighted by Gasteiger charge is 2.16. The summed E-state index contributed by atoms with van der Waals surface area (Å²) >= 11 is 0. The highest BCUT2D eigenvalue weighted by Crippen LogP contribution is 2.17. The summed E-state index contributed by atoms with van der Waals surface area (Å²) in [7, 11) is 1.23. The number of ether oxygens (including phenoxy) is 2. The molecule has 0 radical (unpaired) electrons. The number of amides is 1. The number of aliphatic carboxylic acids is 1. The molecule has 1 unspecified atom stereocenters. The molecule has 0 aliphatic heterocycles. The molecule has 1 aromatic rings.